The highest BCUT2D eigenvalue weighted by molar-refractivity contribution is 7.89. The Bertz CT molecular complexity index is 917. The third-order valence-electron chi connectivity index (χ3n) is 5.95. The molecule has 1 N–H and O–H groups in total. The van der Waals surface area contributed by atoms with Gasteiger partial charge in [0.25, 0.3) is 0 Å². The van der Waals surface area contributed by atoms with Gasteiger partial charge >= 0.3 is 0 Å². The van der Waals surface area contributed by atoms with Crippen LogP contribution in [0.15, 0.2) is 29.9 Å². The predicted molar refractivity (Wildman–Crippen MR) is 128 cm³/mol. The SMILES string of the molecule is CCCS(=O)(=O)NCc1cc(N2CCN(CC)CC2)cc(C2=CCCC=C2C)c1Cl. The maximum atomic E-state index is 12.2. The van der Waals surface area contributed by atoms with Crippen molar-refractivity contribution in [3.05, 3.63) is 46.0 Å². The van der Waals surface area contributed by atoms with Gasteiger partial charge in [0.1, 0.15) is 0 Å². The van der Waals surface area contributed by atoms with E-state index in [9.17, 15) is 8.42 Å². The summed E-state index contributed by atoms with van der Waals surface area (Å²) in [6.07, 6.45) is 7.14. The van der Waals surface area contributed by atoms with Crippen LogP contribution in [0.4, 0.5) is 5.69 Å². The molecule has 7 heteroatoms. The van der Waals surface area contributed by atoms with Crippen molar-refractivity contribution in [3.8, 4) is 0 Å². The monoisotopic (exact) mass is 451 g/mol. The Labute approximate surface area is 186 Å². The summed E-state index contributed by atoms with van der Waals surface area (Å²) in [6.45, 7) is 11.5. The fourth-order valence-electron chi connectivity index (χ4n) is 4.15. The second-order valence-corrected chi connectivity index (χ2v) is 10.4. The molecule has 1 saturated heterocycles. The maximum Gasteiger partial charge on any atom is 0.211 e. The first-order valence-electron chi connectivity index (χ1n) is 11.0. The van der Waals surface area contributed by atoms with Gasteiger partial charge in [-0.2, -0.15) is 0 Å². The summed E-state index contributed by atoms with van der Waals surface area (Å²) < 4.78 is 27.2. The van der Waals surface area contributed by atoms with Crippen LogP contribution in [-0.2, 0) is 16.6 Å². The largest absolute Gasteiger partial charge is 0.369 e. The Morgan fingerprint density at radius 3 is 2.40 bits per heavy atom. The van der Waals surface area contributed by atoms with Gasteiger partial charge in [-0.25, -0.2) is 13.1 Å². The summed E-state index contributed by atoms with van der Waals surface area (Å²) >= 11 is 6.84. The molecule has 0 spiro atoms. The van der Waals surface area contributed by atoms with E-state index in [2.05, 4.69) is 52.7 Å². The van der Waals surface area contributed by atoms with Crippen molar-refractivity contribution < 1.29 is 8.42 Å². The molecule has 1 aliphatic carbocycles. The zero-order chi connectivity index (χ0) is 21.7. The summed E-state index contributed by atoms with van der Waals surface area (Å²) in [5.41, 5.74) is 5.35. The highest BCUT2D eigenvalue weighted by atomic mass is 35.5. The van der Waals surface area contributed by atoms with Crippen LogP contribution in [0, 0.1) is 0 Å². The predicted octanol–water partition coefficient (Wildman–Crippen LogP) is 4.43. The molecular weight excluding hydrogens is 418 g/mol. The van der Waals surface area contributed by atoms with E-state index in [0.717, 1.165) is 68.0 Å². The van der Waals surface area contributed by atoms with Gasteiger partial charge in [-0.05, 0) is 61.6 Å². The second kappa shape index (κ2) is 10.3. The van der Waals surface area contributed by atoms with E-state index in [-0.39, 0.29) is 12.3 Å². The molecule has 1 aromatic carbocycles. The molecule has 0 atom stereocenters. The van der Waals surface area contributed by atoms with Crippen LogP contribution in [0.5, 0.6) is 0 Å². The Kier molecular flexibility index (Phi) is 8.02. The Hall–Kier alpha value is -1.34. The highest BCUT2D eigenvalue weighted by Crippen LogP contribution is 2.37. The zero-order valence-corrected chi connectivity index (χ0v) is 20.0. The molecule has 1 heterocycles. The van der Waals surface area contributed by atoms with Gasteiger partial charge in [-0.1, -0.05) is 37.6 Å². The van der Waals surface area contributed by atoms with Crippen LogP contribution in [-0.4, -0.2) is 51.8 Å². The number of rotatable bonds is 8. The van der Waals surface area contributed by atoms with Crippen molar-refractivity contribution in [2.24, 2.45) is 0 Å². The van der Waals surface area contributed by atoms with Crippen LogP contribution >= 0.6 is 11.6 Å². The molecule has 1 aromatic rings. The van der Waals surface area contributed by atoms with E-state index in [1.807, 2.05) is 6.92 Å². The van der Waals surface area contributed by atoms with Crippen LogP contribution in [0.3, 0.4) is 0 Å². The summed E-state index contributed by atoms with van der Waals surface area (Å²) in [7, 11) is -3.30. The molecule has 1 fully saturated rings. The van der Waals surface area contributed by atoms with Crippen LogP contribution in [0.2, 0.25) is 5.02 Å². The molecule has 0 aromatic heterocycles. The van der Waals surface area contributed by atoms with Gasteiger partial charge in [-0.3, -0.25) is 0 Å². The second-order valence-electron chi connectivity index (χ2n) is 8.11. The highest BCUT2D eigenvalue weighted by Gasteiger charge is 2.21. The van der Waals surface area contributed by atoms with Crippen LogP contribution in [0.1, 0.15) is 51.2 Å². The summed E-state index contributed by atoms with van der Waals surface area (Å²) in [6, 6.07) is 4.24. The molecule has 2 aliphatic rings. The lowest BCUT2D eigenvalue weighted by molar-refractivity contribution is 0.271. The molecule has 166 valence electrons. The molecule has 5 nitrogen and oxygen atoms in total. The van der Waals surface area contributed by atoms with Gasteiger partial charge in [0.2, 0.25) is 10.0 Å². The van der Waals surface area contributed by atoms with Gasteiger partial charge < -0.3 is 9.80 Å². The summed E-state index contributed by atoms with van der Waals surface area (Å²) in [4.78, 5) is 4.84. The summed E-state index contributed by atoms with van der Waals surface area (Å²) in [5.74, 6) is 0.128. The number of piperazine rings is 1. The topological polar surface area (TPSA) is 52.7 Å². The van der Waals surface area contributed by atoms with Gasteiger partial charge in [0.05, 0.1) is 10.8 Å². The number of benzene rings is 1. The third-order valence-corrected chi connectivity index (χ3v) is 7.93. The van der Waals surface area contributed by atoms with Crippen molar-refractivity contribution in [1.29, 1.82) is 0 Å². The van der Waals surface area contributed by atoms with Crippen LogP contribution < -0.4 is 9.62 Å². The fraction of sp³-hybridized carbons (Fsp3) is 0.565. The first-order valence-corrected chi connectivity index (χ1v) is 13.0. The molecule has 1 aliphatic heterocycles. The van der Waals surface area contributed by atoms with Crippen molar-refractivity contribution in [3.63, 3.8) is 0 Å². The normalized spacial score (nSPS) is 18.3. The van der Waals surface area contributed by atoms with E-state index in [0.29, 0.717) is 11.4 Å². The number of nitrogens with one attached hydrogen (secondary N) is 1. The number of likely N-dealkylation sites (N-methyl/N-ethyl adjacent to an activating group) is 1. The lowest BCUT2D eigenvalue weighted by atomic mass is 9.91. The molecule has 0 amide bonds. The maximum absolute atomic E-state index is 12.2. The first-order chi connectivity index (χ1) is 14.3. The Morgan fingerprint density at radius 2 is 1.77 bits per heavy atom. The number of hydrogen-bond acceptors (Lipinski definition) is 4. The molecular formula is C23H34ClN3O2S. The number of nitrogens with zero attached hydrogens (tertiary/aromatic N) is 2. The number of sulfonamides is 1. The van der Waals surface area contributed by atoms with Gasteiger partial charge in [0, 0.05) is 44.0 Å². The Morgan fingerprint density at radius 1 is 1.07 bits per heavy atom. The zero-order valence-electron chi connectivity index (χ0n) is 18.4. The van der Waals surface area contributed by atoms with Crippen molar-refractivity contribution in [2.45, 2.75) is 46.6 Å². The number of anilines is 1. The van der Waals surface area contributed by atoms with Crippen molar-refractivity contribution in [1.82, 2.24) is 9.62 Å². The lowest BCUT2D eigenvalue weighted by Crippen LogP contribution is -2.46. The van der Waals surface area contributed by atoms with E-state index in [4.69, 9.17) is 11.6 Å². The number of allylic oxidation sites excluding steroid dienone is 4. The molecule has 30 heavy (non-hydrogen) atoms. The van der Waals surface area contributed by atoms with Gasteiger partial charge in [0.15, 0.2) is 0 Å². The van der Waals surface area contributed by atoms with E-state index in [1.54, 1.807) is 0 Å². The smallest absolute Gasteiger partial charge is 0.211 e. The molecule has 0 unspecified atom stereocenters. The first kappa shape index (κ1) is 23.3. The minimum absolute atomic E-state index is 0.128. The number of hydrogen-bond donors (Lipinski definition) is 1. The summed E-state index contributed by atoms with van der Waals surface area (Å²) in [5, 5.41) is 0.644. The lowest BCUT2D eigenvalue weighted by Gasteiger charge is -2.36. The molecule has 3 rings (SSSR count). The third kappa shape index (κ3) is 5.67. The average molecular weight is 452 g/mol. The van der Waals surface area contributed by atoms with Crippen molar-refractivity contribution >= 4 is 32.9 Å². The van der Waals surface area contributed by atoms with E-state index in [1.165, 1.54) is 5.57 Å². The Balaban J connectivity index is 1.95. The minimum Gasteiger partial charge on any atom is -0.369 e. The fourth-order valence-corrected chi connectivity index (χ4v) is 5.48. The standard InChI is InChI=1S/C23H34ClN3O2S/c1-4-14-30(28,29)25-17-19-15-20(27-12-10-26(5-2)11-13-27)16-22(23(19)24)21-9-7-6-8-18(21)3/h8-9,15-16,25H,4-7,10-14,17H2,1-3H3. The average Bonchev–Trinajstić information content (AvgIpc) is 2.74. The number of halogens is 1. The molecule has 0 radical (unpaired) electrons. The van der Waals surface area contributed by atoms with Crippen LogP contribution in [0.25, 0.3) is 5.57 Å². The van der Waals surface area contributed by atoms with E-state index >= 15 is 0 Å². The molecule has 0 bridgehead atoms. The quantitative estimate of drug-likeness (QED) is 0.635. The molecule has 0 saturated carbocycles. The van der Waals surface area contributed by atoms with E-state index < -0.39 is 10.0 Å². The van der Waals surface area contributed by atoms with Crippen molar-refractivity contribution in [2.75, 3.05) is 43.4 Å². The minimum atomic E-state index is -3.30. The van der Waals surface area contributed by atoms with Gasteiger partial charge in [-0.15, -0.1) is 0 Å².